The third-order valence-corrected chi connectivity index (χ3v) is 6.23. The number of aromatic amines is 1. The molecule has 5 heteroatoms. The van der Waals surface area contributed by atoms with Crippen molar-refractivity contribution >= 4 is 22.5 Å². The molecule has 0 bridgehead atoms. The molecule has 0 saturated heterocycles. The second-order valence-electron chi connectivity index (χ2n) is 8.50. The topological polar surface area (TPSA) is 56.9 Å². The normalized spacial score (nSPS) is 12.8. The average Bonchev–Trinajstić information content (AvgIpc) is 3.33. The molecule has 174 valence electrons. The lowest BCUT2D eigenvalue weighted by Crippen LogP contribution is -2.35. The van der Waals surface area contributed by atoms with Crippen LogP contribution in [0.15, 0.2) is 115 Å². The first kappa shape index (κ1) is 22.6. The molecule has 35 heavy (non-hydrogen) atoms. The summed E-state index contributed by atoms with van der Waals surface area (Å²) < 4.78 is 13.3. The Balaban J connectivity index is 1.45. The van der Waals surface area contributed by atoms with Gasteiger partial charge in [0.05, 0.1) is 0 Å². The van der Waals surface area contributed by atoms with E-state index in [2.05, 4.69) is 46.1 Å². The van der Waals surface area contributed by atoms with Gasteiger partial charge in [0.1, 0.15) is 11.9 Å². The second-order valence-corrected chi connectivity index (χ2v) is 8.50. The summed E-state index contributed by atoms with van der Waals surface area (Å²) in [5.74, 6) is -0.518. The fourth-order valence-corrected chi connectivity index (χ4v) is 4.47. The number of nitrogens with one attached hydrogen (secondary N) is 3. The third-order valence-electron chi connectivity index (χ3n) is 6.23. The number of H-pyrrole nitrogens is 1. The van der Waals surface area contributed by atoms with Crippen LogP contribution >= 0.6 is 0 Å². The molecule has 1 aromatic heterocycles. The Kier molecular flexibility index (Phi) is 6.68. The van der Waals surface area contributed by atoms with Crippen LogP contribution in [-0.4, -0.2) is 17.4 Å². The summed E-state index contributed by atoms with van der Waals surface area (Å²) in [6.45, 7) is 0.544. The molecule has 0 saturated carbocycles. The lowest BCUT2D eigenvalue weighted by Gasteiger charge is -2.24. The lowest BCUT2D eigenvalue weighted by molar-refractivity contribution is -0.118. The van der Waals surface area contributed by atoms with Crippen molar-refractivity contribution in [3.05, 3.63) is 138 Å². The quantitative estimate of drug-likeness (QED) is 0.249. The van der Waals surface area contributed by atoms with Crippen LogP contribution < -0.4 is 10.6 Å². The van der Waals surface area contributed by atoms with Gasteiger partial charge in [-0.1, -0.05) is 78.9 Å². The summed E-state index contributed by atoms with van der Waals surface area (Å²) in [5.41, 5.74) is 4.82. The van der Waals surface area contributed by atoms with Crippen LogP contribution in [0.5, 0.6) is 0 Å². The number of amides is 1. The maximum absolute atomic E-state index is 13.4. The summed E-state index contributed by atoms with van der Waals surface area (Å²) in [4.78, 5) is 16.8. The molecule has 0 aliphatic carbocycles. The van der Waals surface area contributed by atoms with Crippen LogP contribution in [-0.2, 0) is 4.79 Å². The van der Waals surface area contributed by atoms with Crippen molar-refractivity contribution in [2.45, 2.75) is 12.0 Å². The number of fused-ring (bicyclic) bond motifs is 1. The Morgan fingerprint density at radius 2 is 1.40 bits per heavy atom. The number of benzene rings is 4. The van der Waals surface area contributed by atoms with Crippen LogP contribution in [0.4, 0.5) is 10.1 Å². The summed E-state index contributed by atoms with van der Waals surface area (Å²) >= 11 is 0. The highest BCUT2D eigenvalue weighted by Crippen LogP contribution is 2.31. The Morgan fingerprint density at radius 1 is 0.771 bits per heavy atom. The highest BCUT2D eigenvalue weighted by Gasteiger charge is 2.24. The Labute approximate surface area is 203 Å². The Morgan fingerprint density at radius 3 is 2.11 bits per heavy atom. The summed E-state index contributed by atoms with van der Waals surface area (Å²) in [6, 6.07) is 33.4. The minimum Gasteiger partial charge on any atom is -0.361 e. The average molecular weight is 464 g/mol. The molecule has 4 aromatic carbocycles. The molecule has 2 unspecified atom stereocenters. The number of hydrogen-bond acceptors (Lipinski definition) is 2. The van der Waals surface area contributed by atoms with E-state index in [4.69, 9.17) is 0 Å². The molecule has 2 atom stereocenters. The molecule has 4 nitrogen and oxygen atoms in total. The van der Waals surface area contributed by atoms with Gasteiger partial charge in [-0.3, -0.25) is 4.79 Å². The van der Waals surface area contributed by atoms with Gasteiger partial charge in [-0.15, -0.1) is 0 Å². The number of para-hydroxylation sites is 1. The summed E-state index contributed by atoms with van der Waals surface area (Å²) in [7, 11) is 0. The number of hydrogen-bond donors (Lipinski definition) is 3. The Hall–Kier alpha value is -4.22. The first-order valence-electron chi connectivity index (χ1n) is 11.6. The minimum absolute atomic E-state index is 0.0252. The molecular formula is C30H26FN3O. The largest absolute Gasteiger partial charge is 0.361 e. The van der Waals surface area contributed by atoms with Crippen LogP contribution in [0.25, 0.3) is 10.9 Å². The van der Waals surface area contributed by atoms with Gasteiger partial charge >= 0.3 is 0 Å². The number of halogens is 1. The molecule has 5 aromatic rings. The van der Waals surface area contributed by atoms with Crippen LogP contribution in [0.3, 0.4) is 0 Å². The standard InChI is InChI=1S/C30H26FN3O/c31-23-15-17-24(18-16-23)34-30(35)29(22-11-5-2-6-12-22)33-19-26(21-9-3-1-4-10-21)27-20-32-28-14-8-7-13-25(27)28/h1-18,20,26,29,32-33H,19H2,(H,34,35). The molecule has 1 amide bonds. The van der Waals surface area contributed by atoms with E-state index in [1.807, 2.05) is 60.7 Å². The summed E-state index contributed by atoms with van der Waals surface area (Å²) in [6.07, 6.45) is 2.06. The van der Waals surface area contributed by atoms with E-state index in [-0.39, 0.29) is 17.6 Å². The van der Waals surface area contributed by atoms with Gasteiger partial charge in [0.25, 0.3) is 0 Å². The molecular weight excluding hydrogens is 437 g/mol. The maximum atomic E-state index is 13.4. The van der Waals surface area contributed by atoms with Gasteiger partial charge in [-0.05, 0) is 47.0 Å². The first-order chi connectivity index (χ1) is 17.2. The minimum atomic E-state index is -0.585. The van der Waals surface area contributed by atoms with Gasteiger partial charge in [0.15, 0.2) is 0 Å². The van der Waals surface area contributed by atoms with E-state index in [1.165, 1.54) is 17.7 Å². The SMILES string of the molecule is O=C(Nc1ccc(F)cc1)C(NCC(c1ccccc1)c1c[nH]c2ccccc12)c1ccccc1. The predicted octanol–water partition coefficient (Wildman–Crippen LogP) is 6.41. The molecule has 1 heterocycles. The predicted molar refractivity (Wildman–Crippen MR) is 139 cm³/mol. The number of carbonyl (C=O) groups excluding carboxylic acids is 1. The summed E-state index contributed by atoms with van der Waals surface area (Å²) in [5, 5.41) is 7.60. The monoisotopic (exact) mass is 463 g/mol. The van der Waals surface area contributed by atoms with Crippen molar-refractivity contribution in [3.63, 3.8) is 0 Å². The smallest absolute Gasteiger partial charge is 0.246 e. The molecule has 3 N–H and O–H groups in total. The van der Waals surface area contributed by atoms with Crippen LogP contribution in [0.2, 0.25) is 0 Å². The molecule has 0 radical (unpaired) electrons. The van der Waals surface area contributed by atoms with E-state index < -0.39 is 6.04 Å². The molecule has 0 fully saturated rings. The van der Waals surface area contributed by atoms with Gasteiger partial charge < -0.3 is 15.6 Å². The number of carbonyl (C=O) groups is 1. The molecule has 0 spiro atoms. The van der Waals surface area contributed by atoms with Crippen molar-refractivity contribution in [1.82, 2.24) is 10.3 Å². The molecule has 5 rings (SSSR count). The van der Waals surface area contributed by atoms with Crippen molar-refractivity contribution in [2.24, 2.45) is 0 Å². The zero-order valence-corrected chi connectivity index (χ0v) is 19.1. The van der Waals surface area contributed by atoms with Crippen molar-refractivity contribution < 1.29 is 9.18 Å². The van der Waals surface area contributed by atoms with E-state index in [0.717, 1.165) is 22.0 Å². The molecule has 0 aliphatic heterocycles. The lowest BCUT2D eigenvalue weighted by atomic mass is 9.90. The third kappa shape index (κ3) is 5.15. The number of anilines is 1. The van der Waals surface area contributed by atoms with E-state index in [1.54, 1.807) is 12.1 Å². The maximum Gasteiger partial charge on any atom is 0.246 e. The highest BCUT2D eigenvalue weighted by molar-refractivity contribution is 5.95. The Bertz CT molecular complexity index is 1400. The van der Waals surface area contributed by atoms with Crippen molar-refractivity contribution in [3.8, 4) is 0 Å². The van der Waals surface area contributed by atoms with Crippen molar-refractivity contribution in [2.75, 3.05) is 11.9 Å². The van der Waals surface area contributed by atoms with E-state index in [9.17, 15) is 9.18 Å². The zero-order chi connectivity index (χ0) is 24.0. The fourth-order valence-electron chi connectivity index (χ4n) is 4.47. The van der Waals surface area contributed by atoms with Gasteiger partial charge in [-0.2, -0.15) is 0 Å². The van der Waals surface area contributed by atoms with Crippen LogP contribution in [0.1, 0.15) is 28.7 Å². The van der Waals surface area contributed by atoms with Gasteiger partial charge in [0, 0.05) is 35.2 Å². The van der Waals surface area contributed by atoms with Gasteiger partial charge in [0.2, 0.25) is 5.91 Å². The first-order valence-corrected chi connectivity index (χ1v) is 11.6. The molecule has 0 aliphatic rings. The number of aromatic nitrogens is 1. The van der Waals surface area contributed by atoms with Crippen molar-refractivity contribution in [1.29, 1.82) is 0 Å². The fraction of sp³-hybridized carbons (Fsp3) is 0.100. The van der Waals surface area contributed by atoms with E-state index in [0.29, 0.717) is 12.2 Å². The highest BCUT2D eigenvalue weighted by atomic mass is 19.1. The van der Waals surface area contributed by atoms with E-state index >= 15 is 0 Å². The van der Waals surface area contributed by atoms with Crippen LogP contribution in [0, 0.1) is 5.82 Å². The second kappa shape index (κ2) is 10.4. The zero-order valence-electron chi connectivity index (χ0n) is 19.1. The van der Waals surface area contributed by atoms with Gasteiger partial charge in [-0.25, -0.2) is 4.39 Å². The number of rotatable bonds is 8.